The van der Waals surface area contributed by atoms with Crippen molar-refractivity contribution in [1.29, 1.82) is 0 Å². The van der Waals surface area contributed by atoms with Gasteiger partial charge in [-0.3, -0.25) is 4.79 Å². The highest BCUT2D eigenvalue weighted by Crippen LogP contribution is 2.13. The number of hydrogen-bond acceptors (Lipinski definition) is 3. The molecule has 0 bridgehead atoms. The summed E-state index contributed by atoms with van der Waals surface area (Å²) >= 11 is 0. The van der Waals surface area contributed by atoms with Crippen molar-refractivity contribution in [2.75, 3.05) is 0 Å². The number of amides is 1. The van der Waals surface area contributed by atoms with Crippen molar-refractivity contribution in [3.8, 4) is 0 Å². The smallest absolute Gasteiger partial charge is 0.331 e. The summed E-state index contributed by atoms with van der Waals surface area (Å²) < 4.78 is 5.14. The zero-order chi connectivity index (χ0) is 13.0. The van der Waals surface area contributed by atoms with Crippen LogP contribution in [0.15, 0.2) is 34.0 Å². The molecule has 1 aromatic heterocycles. The molecule has 0 aliphatic heterocycles. The van der Waals surface area contributed by atoms with Gasteiger partial charge in [0.1, 0.15) is 5.76 Å². The minimum absolute atomic E-state index is 0.0362. The van der Waals surface area contributed by atoms with Crippen LogP contribution in [0.25, 0.3) is 0 Å². The van der Waals surface area contributed by atoms with E-state index in [1.165, 1.54) is 20.1 Å². The molecule has 2 N–H and O–H groups in total. The van der Waals surface area contributed by atoms with Crippen molar-refractivity contribution < 1.29 is 19.1 Å². The molecule has 17 heavy (non-hydrogen) atoms. The first-order chi connectivity index (χ1) is 7.93. The second-order valence-electron chi connectivity index (χ2n) is 3.77. The molecule has 0 aliphatic rings. The van der Waals surface area contributed by atoms with Crippen molar-refractivity contribution in [2.24, 2.45) is 0 Å². The van der Waals surface area contributed by atoms with Crippen molar-refractivity contribution in [3.05, 3.63) is 35.3 Å². The normalized spacial score (nSPS) is 13.8. The zero-order valence-corrected chi connectivity index (χ0v) is 9.98. The van der Waals surface area contributed by atoms with Crippen LogP contribution in [-0.2, 0) is 9.59 Å². The molecule has 1 amide bonds. The molecule has 0 unspecified atom stereocenters. The van der Waals surface area contributed by atoms with Crippen molar-refractivity contribution in [2.45, 2.75) is 26.8 Å². The fourth-order valence-corrected chi connectivity index (χ4v) is 1.24. The number of carboxylic acids is 1. The van der Waals surface area contributed by atoms with E-state index in [0.29, 0.717) is 5.76 Å². The van der Waals surface area contributed by atoms with Gasteiger partial charge in [-0.25, -0.2) is 4.79 Å². The average molecular weight is 237 g/mol. The molecule has 0 saturated heterocycles. The molecule has 0 aromatic carbocycles. The minimum atomic E-state index is -1.09. The lowest BCUT2D eigenvalue weighted by molar-refractivity contribution is -0.133. The molecule has 92 valence electrons. The predicted molar refractivity (Wildman–Crippen MR) is 61.3 cm³/mol. The van der Waals surface area contributed by atoms with E-state index in [1.54, 1.807) is 19.1 Å². The van der Waals surface area contributed by atoms with Crippen LogP contribution in [0.1, 0.15) is 32.6 Å². The monoisotopic (exact) mass is 237 g/mol. The number of nitrogens with one attached hydrogen (secondary N) is 1. The Balaban J connectivity index is 2.74. The molecule has 1 atom stereocenters. The van der Waals surface area contributed by atoms with Gasteiger partial charge in [0, 0.05) is 11.1 Å². The van der Waals surface area contributed by atoms with E-state index in [1.807, 2.05) is 0 Å². The fourth-order valence-electron chi connectivity index (χ4n) is 1.24. The van der Waals surface area contributed by atoms with Crippen LogP contribution in [0.5, 0.6) is 0 Å². The number of aliphatic carboxylic acids is 1. The van der Waals surface area contributed by atoms with Gasteiger partial charge < -0.3 is 14.8 Å². The number of carboxylic acid groups (broad SMARTS) is 1. The largest absolute Gasteiger partial charge is 0.478 e. The van der Waals surface area contributed by atoms with Crippen molar-refractivity contribution in [3.63, 3.8) is 0 Å². The molecule has 5 nitrogen and oxygen atoms in total. The Kier molecular flexibility index (Phi) is 4.09. The van der Waals surface area contributed by atoms with E-state index < -0.39 is 11.9 Å². The average Bonchev–Trinajstić information content (AvgIpc) is 2.80. The quantitative estimate of drug-likeness (QED) is 0.783. The standard InChI is InChI=1S/C12H15NO4/c1-7(8(2)12(15)16)11(14)13-9(3)10-5-4-6-17-10/h4-6,9H,1-3H3,(H,13,14)(H,15,16)/b8-7-/t9-/m1/s1. The number of rotatable bonds is 4. The van der Waals surface area contributed by atoms with E-state index in [-0.39, 0.29) is 17.2 Å². The van der Waals surface area contributed by atoms with Gasteiger partial charge in [0.25, 0.3) is 0 Å². The van der Waals surface area contributed by atoms with E-state index in [9.17, 15) is 9.59 Å². The van der Waals surface area contributed by atoms with Crippen LogP contribution in [0.2, 0.25) is 0 Å². The second-order valence-corrected chi connectivity index (χ2v) is 3.77. The molecule has 0 spiro atoms. The maximum atomic E-state index is 11.7. The molecule has 1 heterocycles. The Morgan fingerprint density at radius 3 is 2.47 bits per heavy atom. The molecular formula is C12H15NO4. The number of furan rings is 1. The van der Waals surface area contributed by atoms with Gasteiger partial charge in [-0.05, 0) is 32.9 Å². The van der Waals surface area contributed by atoms with Crippen LogP contribution in [0.4, 0.5) is 0 Å². The molecule has 1 aromatic rings. The summed E-state index contributed by atoms with van der Waals surface area (Å²) in [5.41, 5.74) is 0.227. The summed E-state index contributed by atoms with van der Waals surface area (Å²) in [6.07, 6.45) is 1.52. The van der Waals surface area contributed by atoms with Gasteiger partial charge in [-0.15, -0.1) is 0 Å². The summed E-state index contributed by atoms with van der Waals surface area (Å²) in [6.45, 7) is 4.64. The van der Waals surface area contributed by atoms with Crippen molar-refractivity contribution >= 4 is 11.9 Å². The first-order valence-corrected chi connectivity index (χ1v) is 5.18. The maximum absolute atomic E-state index is 11.7. The first-order valence-electron chi connectivity index (χ1n) is 5.18. The molecule has 0 aliphatic carbocycles. The molecule has 0 radical (unpaired) electrons. The van der Waals surface area contributed by atoms with E-state index in [0.717, 1.165) is 0 Å². The topological polar surface area (TPSA) is 79.5 Å². The third kappa shape index (κ3) is 3.21. The van der Waals surface area contributed by atoms with Crippen LogP contribution >= 0.6 is 0 Å². The third-order valence-electron chi connectivity index (χ3n) is 2.54. The summed E-state index contributed by atoms with van der Waals surface area (Å²) in [7, 11) is 0. The number of hydrogen-bond donors (Lipinski definition) is 2. The highest BCUT2D eigenvalue weighted by atomic mass is 16.4. The third-order valence-corrected chi connectivity index (χ3v) is 2.54. The van der Waals surface area contributed by atoms with Gasteiger partial charge in [0.15, 0.2) is 0 Å². The van der Waals surface area contributed by atoms with Gasteiger partial charge >= 0.3 is 5.97 Å². The lowest BCUT2D eigenvalue weighted by Crippen LogP contribution is -2.28. The van der Waals surface area contributed by atoms with Crippen molar-refractivity contribution in [1.82, 2.24) is 5.32 Å². The Morgan fingerprint density at radius 1 is 1.35 bits per heavy atom. The molecular weight excluding hydrogens is 222 g/mol. The SMILES string of the molecule is C/C(C(=O)O)=C(\C)C(=O)N[C@H](C)c1ccco1. The van der Waals surface area contributed by atoms with Gasteiger partial charge in [-0.1, -0.05) is 0 Å². The van der Waals surface area contributed by atoms with E-state index in [2.05, 4.69) is 5.32 Å². The Hall–Kier alpha value is -2.04. The Bertz CT molecular complexity index is 445. The predicted octanol–water partition coefficient (Wildman–Crippen LogP) is 1.88. The van der Waals surface area contributed by atoms with Crippen LogP contribution in [-0.4, -0.2) is 17.0 Å². The van der Waals surface area contributed by atoms with Gasteiger partial charge in [0.05, 0.1) is 12.3 Å². The van der Waals surface area contributed by atoms with Gasteiger partial charge in [0.2, 0.25) is 5.91 Å². The second kappa shape index (κ2) is 5.34. The summed E-state index contributed by atoms with van der Waals surface area (Å²) in [5, 5.41) is 11.4. The maximum Gasteiger partial charge on any atom is 0.331 e. The number of carbonyl (C=O) groups is 2. The summed E-state index contributed by atoms with van der Waals surface area (Å²) in [5.74, 6) is -0.878. The Labute approximate surface area is 99.1 Å². The summed E-state index contributed by atoms with van der Waals surface area (Å²) in [4.78, 5) is 22.4. The minimum Gasteiger partial charge on any atom is -0.478 e. The van der Waals surface area contributed by atoms with Crippen LogP contribution in [0.3, 0.4) is 0 Å². The lowest BCUT2D eigenvalue weighted by Gasteiger charge is -2.12. The zero-order valence-electron chi connectivity index (χ0n) is 9.98. The molecule has 5 heteroatoms. The van der Waals surface area contributed by atoms with E-state index >= 15 is 0 Å². The highest BCUT2D eigenvalue weighted by Gasteiger charge is 2.16. The van der Waals surface area contributed by atoms with Crippen LogP contribution < -0.4 is 5.32 Å². The fraction of sp³-hybridized carbons (Fsp3) is 0.333. The molecule has 1 rings (SSSR count). The molecule has 0 saturated carbocycles. The number of carbonyl (C=O) groups excluding carboxylic acids is 1. The van der Waals surface area contributed by atoms with Crippen LogP contribution in [0, 0.1) is 0 Å². The van der Waals surface area contributed by atoms with E-state index in [4.69, 9.17) is 9.52 Å². The summed E-state index contributed by atoms with van der Waals surface area (Å²) in [6, 6.07) is 3.17. The molecule has 0 fully saturated rings. The Morgan fingerprint density at radius 2 is 2.00 bits per heavy atom. The highest BCUT2D eigenvalue weighted by molar-refractivity contribution is 6.01. The first kappa shape index (κ1) is 13.0. The lowest BCUT2D eigenvalue weighted by atomic mass is 10.1. The van der Waals surface area contributed by atoms with Gasteiger partial charge in [-0.2, -0.15) is 0 Å².